The van der Waals surface area contributed by atoms with Crippen LogP contribution in [0.5, 0.6) is 0 Å². The highest BCUT2D eigenvalue weighted by Gasteiger charge is 2.53. The maximum atomic E-state index is 12.2. The fourth-order valence-corrected chi connectivity index (χ4v) is 3.18. The van der Waals surface area contributed by atoms with Crippen LogP contribution in [0.2, 0.25) is 0 Å². The molecular formula is C16H18O2. The quantitative estimate of drug-likeness (QED) is 0.755. The van der Waals surface area contributed by atoms with Gasteiger partial charge >= 0.3 is 0 Å². The Morgan fingerprint density at radius 1 is 1.17 bits per heavy atom. The smallest absolute Gasteiger partial charge is 0.166 e. The first-order chi connectivity index (χ1) is 8.53. The molecule has 1 aliphatic heterocycles. The van der Waals surface area contributed by atoms with E-state index in [-0.39, 0.29) is 17.3 Å². The van der Waals surface area contributed by atoms with Crippen LogP contribution < -0.4 is 0 Å². The van der Waals surface area contributed by atoms with Crippen LogP contribution in [-0.2, 0) is 9.53 Å². The molecule has 1 spiro atoms. The van der Waals surface area contributed by atoms with Crippen molar-refractivity contribution >= 4 is 5.78 Å². The number of carbonyl (C=O) groups is 1. The number of hydrogen-bond acceptors (Lipinski definition) is 2. The Balaban J connectivity index is 2.01. The molecule has 0 aromatic heterocycles. The maximum absolute atomic E-state index is 12.2. The van der Waals surface area contributed by atoms with Crippen LogP contribution in [0, 0.1) is 0 Å². The molecule has 2 atom stereocenters. The van der Waals surface area contributed by atoms with Crippen molar-refractivity contribution in [3.05, 3.63) is 48.0 Å². The third-order valence-electron chi connectivity index (χ3n) is 4.02. The maximum Gasteiger partial charge on any atom is 0.166 e. The second-order valence-electron chi connectivity index (χ2n) is 5.90. The van der Waals surface area contributed by atoms with Crippen molar-refractivity contribution in [2.24, 2.45) is 0 Å². The number of benzene rings is 1. The van der Waals surface area contributed by atoms with Crippen molar-refractivity contribution < 1.29 is 9.53 Å². The van der Waals surface area contributed by atoms with Crippen LogP contribution in [0.1, 0.15) is 38.2 Å². The van der Waals surface area contributed by atoms with E-state index < -0.39 is 5.60 Å². The number of carbonyl (C=O) groups excluding carboxylic acids is 1. The molecule has 0 unspecified atom stereocenters. The Morgan fingerprint density at radius 2 is 1.89 bits per heavy atom. The number of hydrogen-bond donors (Lipinski definition) is 0. The lowest BCUT2D eigenvalue weighted by molar-refractivity contribution is -0.123. The third-order valence-corrected chi connectivity index (χ3v) is 4.02. The first-order valence-corrected chi connectivity index (χ1v) is 6.51. The molecule has 2 heteroatoms. The van der Waals surface area contributed by atoms with Crippen molar-refractivity contribution in [2.75, 3.05) is 0 Å². The molecule has 3 rings (SSSR count). The van der Waals surface area contributed by atoms with Gasteiger partial charge in [-0.1, -0.05) is 30.3 Å². The summed E-state index contributed by atoms with van der Waals surface area (Å²) in [5, 5.41) is 0. The molecule has 1 aromatic carbocycles. The Morgan fingerprint density at radius 3 is 2.50 bits per heavy atom. The van der Waals surface area contributed by atoms with Crippen LogP contribution in [0.15, 0.2) is 42.5 Å². The van der Waals surface area contributed by atoms with E-state index in [0.717, 1.165) is 18.4 Å². The lowest BCUT2D eigenvalue weighted by atomic mass is 9.82. The number of ether oxygens (including phenoxy) is 1. The Labute approximate surface area is 108 Å². The minimum absolute atomic E-state index is 0.137. The topological polar surface area (TPSA) is 26.3 Å². The molecule has 2 aliphatic rings. The molecule has 0 bridgehead atoms. The van der Waals surface area contributed by atoms with Gasteiger partial charge in [-0.2, -0.15) is 0 Å². The number of rotatable bonds is 1. The number of ketones is 1. The normalized spacial score (nSPS) is 33.4. The first-order valence-electron chi connectivity index (χ1n) is 6.51. The molecule has 18 heavy (non-hydrogen) atoms. The van der Waals surface area contributed by atoms with Crippen molar-refractivity contribution in [3.8, 4) is 0 Å². The molecule has 1 fully saturated rings. The minimum Gasteiger partial charge on any atom is -0.364 e. The summed E-state index contributed by atoms with van der Waals surface area (Å²) >= 11 is 0. The van der Waals surface area contributed by atoms with Crippen LogP contribution >= 0.6 is 0 Å². The Bertz CT molecular complexity index is 501. The van der Waals surface area contributed by atoms with Gasteiger partial charge in [0, 0.05) is 0 Å². The van der Waals surface area contributed by atoms with Gasteiger partial charge in [-0.3, -0.25) is 4.79 Å². The summed E-state index contributed by atoms with van der Waals surface area (Å²) in [6, 6.07) is 9.98. The Hall–Kier alpha value is -1.41. The lowest BCUT2D eigenvalue weighted by Crippen LogP contribution is -2.36. The molecule has 0 amide bonds. The molecule has 1 aliphatic carbocycles. The number of allylic oxidation sites excluding steroid dienone is 1. The van der Waals surface area contributed by atoms with Gasteiger partial charge in [-0.05, 0) is 44.4 Å². The second kappa shape index (κ2) is 3.79. The van der Waals surface area contributed by atoms with E-state index in [1.54, 1.807) is 6.08 Å². The van der Waals surface area contributed by atoms with E-state index in [1.165, 1.54) is 0 Å². The largest absolute Gasteiger partial charge is 0.364 e. The fourth-order valence-electron chi connectivity index (χ4n) is 3.18. The summed E-state index contributed by atoms with van der Waals surface area (Å²) in [6.07, 6.45) is 5.58. The van der Waals surface area contributed by atoms with Crippen LogP contribution in [0.4, 0.5) is 0 Å². The Kier molecular flexibility index (Phi) is 2.46. The molecule has 0 radical (unpaired) electrons. The van der Waals surface area contributed by atoms with E-state index in [9.17, 15) is 4.79 Å². The second-order valence-corrected chi connectivity index (χ2v) is 5.90. The predicted octanol–water partition coefficient (Wildman–Crippen LogP) is 3.24. The molecule has 0 saturated carbocycles. The predicted molar refractivity (Wildman–Crippen MR) is 70.5 cm³/mol. The van der Waals surface area contributed by atoms with Gasteiger partial charge in [0.25, 0.3) is 0 Å². The van der Waals surface area contributed by atoms with Crippen molar-refractivity contribution in [2.45, 2.75) is 43.8 Å². The lowest BCUT2D eigenvalue weighted by Gasteiger charge is -2.32. The van der Waals surface area contributed by atoms with Crippen molar-refractivity contribution in [1.29, 1.82) is 0 Å². The van der Waals surface area contributed by atoms with E-state index in [4.69, 9.17) is 4.74 Å². The van der Waals surface area contributed by atoms with Gasteiger partial charge < -0.3 is 4.74 Å². The van der Waals surface area contributed by atoms with E-state index in [0.29, 0.717) is 0 Å². The van der Waals surface area contributed by atoms with Crippen molar-refractivity contribution in [1.82, 2.24) is 0 Å². The monoisotopic (exact) mass is 242 g/mol. The standard InChI is InChI=1S/C16H18O2/c1-15(2)10-11-16(18-15)9-8-13(17)14(16)12-6-4-3-5-7-12/h3-9,14H,10-11H2,1-2H3/t14-,16+/m1/s1. The molecule has 0 N–H and O–H groups in total. The summed E-state index contributed by atoms with van der Waals surface area (Å²) in [6.45, 7) is 4.20. The van der Waals surface area contributed by atoms with Gasteiger partial charge in [0.2, 0.25) is 0 Å². The zero-order valence-electron chi connectivity index (χ0n) is 10.8. The first kappa shape index (κ1) is 11.7. The summed E-state index contributed by atoms with van der Waals surface area (Å²) in [5.74, 6) is -0.000579. The molecule has 1 saturated heterocycles. The molecule has 1 aromatic rings. The minimum atomic E-state index is -0.415. The van der Waals surface area contributed by atoms with Crippen LogP contribution in [0.25, 0.3) is 0 Å². The van der Waals surface area contributed by atoms with Crippen molar-refractivity contribution in [3.63, 3.8) is 0 Å². The summed E-state index contributed by atoms with van der Waals surface area (Å²) in [7, 11) is 0. The van der Waals surface area contributed by atoms with Crippen LogP contribution in [-0.4, -0.2) is 17.0 Å². The zero-order chi connectivity index (χ0) is 12.8. The fraction of sp³-hybridized carbons (Fsp3) is 0.438. The van der Waals surface area contributed by atoms with Crippen LogP contribution in [0.3, 0.4) is 0 Å². The summed E-state index contributed by atoms with van der Waals surface area (Å²) in [5.41, 5.74) is 0.509. The van der Waals surface area contributed by atoms with Gasteiger partial charge in [-0.25, -0.2) is 0 Å². The summed E-state index contributed by atoms with van der Waals surface area (Å²) in [4.78, 5) is 12.2. The van der Waals surface area contributed by atoms with E-state index in [2.05, 4.69) is 13.8 Å². The third kappa shape index (κ3) is 1.72. The average molecular weight is 242 g/mol. The summed E-state index contributed by atoms with van der Waals surface area (Å²) < 4.78 is 6.23. The zero-order valence-corrected chi connectivity index (χ0v) is 10.8. The van der Waals surface area contributed by atoms with E-state index >= 15 is 0 Å². The average Bonchev–Trinajstić information content (AvgIpc) is 2.81. The van der Waals surface area contributed by atoms with Gasteiger partial charge in [0.05, 0.1) is 11.5 Å². The highest BCUT2D eigenvalue weighted by atomic mass is 16.5. The van der Waals surface area contributed by atoms with Gasteiger partial charge in [-0.15, -0.1) is 0 Å². The molecular weight excluding hydrogens is 224 g/mol. The highest BCUT2D eigenvalue weighted by molar-refractivity contribution is 6.00. The highest BCUT2D eigenvalue weighted by Crippen LogP contribution is 2.49. The molecule has 2 nitrogen and oxygen atoms in total. The van der Waals surface area contributed by atoms with E-state index in [1.807, 2.05) is 36.4 Å². The SMILES string of the molecule is CC1(C)CC[C@]2(C=CC(=O)[C@H]2c2ccccc2)O1. The van der Waals surface area contributed by atoms with Gasteiger partial charge in [0.15, 0.2) is 5.78 Å². The molecule has 94 valence electrons. The van der Waals surface area contributed by atoms with Gasteiger partial charge in [0.1, 0.15) is 5.60 Å². The molecule has 1 heterocycles.